The van der Waals surface area contributed by atoms with Crippen LogP contribution >= 0.6 is 0 Å². The number of nitrogens with zero attached hydrogens (tertiary/aromatic N) is 2. The fourth-order valence-electron chi connectivity index (χ4n) is 1.62. The zero-order valence-electron chi connectivity index (χ0n) is 7.71. The van der Waals surface area contributed by atoms with Crippen molar-refractivity contribution in [1.29, 1.82) is 0 Å². The van der Waals surface area contributed by atoms with Gasteiger partial charge in [-0.25, -0.2) is 0 Å². The molecule has 66 valence electrons. The van der Waals surface area contributed by atoms with Crippen molar-refractivity contribution in [2.45, 2.75) is 26.3 Å². The third-order valence-electron chi connectivity index (χ3n) is 2.48. The highest BCUT2D eigenvalue weighted by Gasteiger charge is 2.31. The molecule has 0 saturated carbocycles. The lowest BCUT2D eigenvalue weighted by Crippen LogP contribution is -2.41. The quantitative estimate of drug-likeness (QED) is 0.443. The van der Waals surface area contributed by atoms with Gasteiger partial charge in [0.1, 0.15) is 6.67 Å². The monoisotopic (exact) mass is 158 g/mol. The molecule has 1 heterocycles. The van der Waals surface area contributed by atoms with E-state index in [1.807, 2.05) is 6.92 Å². The maximum absolute atomic E-state index is 11.6. The molecule has 1 aliphatic rings. The molecule has 1 saturated heterocycles. The molecule has 0 aromatic heterocycles. The Morgan fingerprint density at radius 2 is 2.27 bits per heavy atom. The first-order chi connectivity index (χ1) is 5.06. The Morgan fingerprint density at radius 1 is 1.64 bits per heavy atom. The summed E-state index contributed by atoms with van der Waals surface area (Å²) in [7, 11) is 1.76. The van der Waals surface area contributed by atoms with Gasteiger partial charge in [-0.05, 0) is 13.3 Å². The van der Waals surface area contributed by atoms with E-state index >= 15 is 0 Å². The molecule has 0 radical (unpaired) electrons. The molecule has 1 fully saturated rings. The highest BCUT2D eigenvalue weighted by atomic mass is 16.6. The first-order valence-electron chi connectivity index (χ1n) is 4.35. The van der Waals surface area contributed by atoms with E-state index in [2.05, 4.69) is 11.8 Å². The number of likely N-dealkylation sites (N-methyl/N-ethyl adjacent to an activating group) is 1. The molecule has 3 heteroatoms. The molecule has 3 nitrogen and oxygen atoms in total. The van der Waals surface area contributed by atoms with Gasteiger partial charge < -0.3 is 9.85 Å². The smallest absolute Gasteiger partial charge is 0.135 e. The lowest BCUT2D eigenvalue weighted by atomic mass is 10.3. The standard InChI is InChI=1S/C8H18N2O/c1-4-5-9-6-8(2)10(3,11)7-9/h8H,4-7H2,1-3H3. The van der Waals surface area contributed by atoms with E-state index in [1.54, 1.807) is 7.05 Å². The molecule has 2 unspecified atom stereocenters. The van der Waals surface area contributed by atoms with Crippen LogP contribution in [-0.2, 0) is 0 Å². The lowest BCUT2D eigenvalue weighted by molar-refractivity contribution is -0.874. The number of hydroxylamine groups is 3. The molecule has 0 aliphatic carbocycles. The third-order valence-corrected chi connectivity index (χ3v) is 2.48. The van der Waals surface area contributed by atoms with Gasteiger partial charge >= 0.3 is 0 Å². The van der Waals surface area contributed by atoms with Crippen LogP contribution in [0.25, 0.3) is 0 Å². The van der Waals surface area contributed by atoms with E-state index in [4.69, 9.17) is 0 Å². The van der Waals surface area contributed by atoms with Crippen molar-refractivity contribution < 1.29 is 4.65 Å². The summed E-state index contributed by atoms with van der Waals surface area (Å²) in [5.74, 6) is 0. The minimum absolute atomic E-state index is 0.0833. The maximum Gasteiger partial charge on any atom is 0.135 e. The van der Waals surface area contributed by atoms with Crippen molar-refractivity contribution >= 4 is 0 Å². The van der Waals surface area contributed by atoms with Crippen LogP contribution in [0.1, 0.15) is 20.3 Å². The first kappa shape index (κ1) is 8.97. The second-order valence-electron chi connectivity index (χ2n) is 3.74. The van der Waals surface area contributed by atoms with Gasteiger partial charge in [-0.3, -0.25) is 4.90 Å². The van der Waals surface area contributed by atoms with Crippen molar-refractivity contribution in [3.63, 3.8) is 0 Å². The summed E-state index contributed by atoms with van der Waals surface area (Å²) in [4.78, 5) is 2.25. The Hall–Kier alpha value is -0.120. The Morgan fingerprint density at radius 3 is 2.64 bits per heavy atom. The summed E-state index contributed by atoms with van der Waals surface area (Å²) < 4.78 is -0.0833. The van der Waals surface area contributed by atoms with Crippen LogP contribution in [0.15, 0.2) is 0 Å². The van der Waals surface area contributed by atoms with E-state index < -0.39 is 0 Å². The highest BCUT2D eigenvalue weighted by Crippen LogP contribution is 2.18. The summed E-state index contributed by atoms with van der Waals surface area (Å²) >= 11 is 0. The summed E-state index contributed by atoms with van der Waals surface area (Å²) in [5.41, 5.74) is 0. The maximum atomic E-state index is 11.6. The van der Waals surface area contributed by atoms with Crippen molar-refractivity contribution in [2.24, 2.45) is 0 Å². The molecule has 11 heavy (non-hydrogen) atoms. The topological polar surface area (TPSA) is 26.3 Å². The van der Waals surface area contributed by atoms with Gasteiger partial charge in [0.15, 0.2) is 0 Å². The second-order valence-corrected chi connectivity index (χ2v) is 3.74. The fourth-order valence-corrected chi connectivity index (χ4v) is 1.62. The number of hydrogen-bond acceptors (Lipinski definition) is 2. The summed E-state index contributed by atoms with van der Waals surface area (Å²) in [5, 5.41) is 11.6. The first-order valence-corrected chi connectivity index (χ1v) is 4.35. The zero-order valence-corrected chi connectivity index (χ0v) is 7.71. The minimum atomic E-state index is -0.0833. The third kappa shape index (κ3) is 1.92. The summed E-state index contributed by atoms with van der Waals surface area (Å²) in [6.45, 7) is 6.89. The SMILES string of the molecule is CCCN1CC(C)[N+](C)([O-])C1. The molecule has 0 bridgehead atoms. The molecule has 0 amide bonds. The van der Waals surface area contributed by atoms with E-state index in [0.717, 1.165) is 19.5 Å². The van der Waals surface area contributed by atoms with Crippen LogP contribution in [0, 0.1) is 5.21 Å². The highest BCUT2D eigenvalue weighted by molar-refractivity contribution is 4.67. The van der Waals surface area contributed by atoms with E-state index in [1.165, 1.54) is 0 Å². The molecule has 0 aromatic carbocycles. The molecule has 0 N–H and O–H groups in total. The Bertz CT molecular complexity index is 136. The van der Waals surface area contributed by atoms with Gasteiger partial charge in [0.2, 0.25) is 0 Å². The largest absolute Gasteiger partial charge is 0.632 e. The van der Waals surface area contributed by atoms with Crippen molar-refractivity contribution in [2.75, 3.05) is 26.8 Å². The molecule has 2 atom stereocenters. The van der Waals surface area contributed by atoms with Crippen molar-refractivity contribution in [1.82, 2.24) is 4.90 Å². The molecule has 0 aromatic rings. The normalized spacial score (nSPS) is 39.8. The van der Waals surface area contributed by atoms with Gasteiger partial charge in [0.25, 0.3) is 0 Å². The Labute approximate surface area is 68.8 Å². The average molecular weight is 158 g/mol. The Kier molecular flexibility index (Phi) is 2.52. The predicted molar refractivity (Wildman–Crippen MR) is 45.7 cm³/mol. The second kappa shape index (κ2) is 3.09. The molecular formula is C8H18N2O. The van der Waals surface area contributed by atoms with E-state index in [-0.39, 0.29) is 10.7 Å². The number of rotatable bonds is 2. The van der Waals surface area contributed by atoms with Crippen molar-refractivity contribution in [3.8, 4) is 0 Å². The van der Waals surface area contributed by atoms with Crippen LogP contribution in [0.2, 0.25) is 0 Å². The predicted octanol–water partition coefficient (Wildman–Crippen LogP) is 1.00. The van der Waals surface area contributed by atoms with Crippen LogP contribution < -0.4 is 0 Å². The minimum Gasteiger partial charge on any atom is -0.632 e. The van der Waals surface area contributed by atoms with Gasteiger partial charge in [-0.15, -0.1) is 0 Å². The average Bonchev–Trinajstić information content (AvgIpc) is 2.08. The van der Waals surface area contributed by atoms with Crippen LogP contribution in [0.4, 0.5) is 0 Å². The van der Waals surface area contributed by atoms with Gasteiger partial charge in [-0.1, -0.05) is 6.92 Å². The van der Waals surface area contributed by atoms with Crippen LogP contribution in [0.5, 0.6) is 0 Å². The number of hydrogen-bond donors (Lipinski definition) is 0. The number of quaternary nitrogens is 1. The van der Waals surface area contributed by atoms with Gasteiger partial charge in [-0.2, -0.15) is 0 Å². The van der Waals surface area contributed by atoms with Crippen LogP contribution in [-0.4, -0.2) is 42.4 Å². The van der Waals surface area contributed by atoms with Crippen molar-refractivity contribution in [3.05, 3.63) is 5.21 Å². The molecular weight excluding hydrogens is 140 g/mol. The van der Waals surface area contributed by atoms with Gasteiger partial charge in [0, 0.05) is 6.54 Å². The van der Waals surface area contributed by atoms with E-state index in [9.17, 15) is 5.21 Å². The molecule has 1 aliphatic heterocycles. The molecule has 1 rings (SSSR count). The zero-order chi connectivity index (χ0) is 8.48. The lowest BCUT2D eigenvalue weighted by Gasteiger charge is -2.37. The molecule has 0 spiro atoms. The summed E-state index contributed by atoms with van der Waals surface area (Å²) in [6.07, 6.45) is 1.15. The fraction of sp³-hybridized carbons (Fsp3) is 1.00. The van der Waals surface area contributed by atoms with Crippen LogP contribution in [0.3, 0.4) is 0 Å². The Balaban J connectivity index is 2.43. The van der Waals surface area contributed by atoms with E-state index in [0.29, 0.717) is 6.67 Å². The summed E-state index contributed by atoms with van der Waals surface area (Å²) in [6, 6.07) is 0.251. The van der Waals surface area contributed by atoms with Gasteiger partial charge in [0.05, 0.1) is 19.6 Å².